The maximum atomic E-state index is 12.3. The lowest BCUT2D eigenvalue weighted by atomic mass is 10.0. The number of Topliss-reactive ketones (excluding diaryl/α,β-unsaturated/α-hetero) is 1. The Labute approximate surface area is 113 Å². The first kappa shape index (κ1) is 12.0. The summed E-state index contributed by atoms with van der Waals surface area (Å²) < 4.78 is 5.15. The van der Waals surface area contributed by atoms with Crippen molar-refractivity contribution >= 4 is 5.78 Å². The number of carbonyl (C=O) groups excluding carboxylic acids is 1. The quantitative estimate of drug-likeness (QED) is 0.776. The number of benzene rings is 2. The maximum Gasteiger partial charge on any atom is 0.166 e. The van der Waals surface area contributed by atoms with Crippen LogP contribution in [0.15, 0.2) is 54.6 Å². The van der Waals surface area contributed by atoms with Crippen LogP contribution in [0, 0.1) is 5.92 Å². The first-order valence-corrected chi connectivity index (χ1v) is 6.53. The van der Waals surface area contributed by atoms with Gasteiger partial charge in [-0.15, -0.1) is 0 Å². The van der Waals surface area contributed by atoms with Crippen LogP contribution in [0.3, 0.4) is 0 Å². The average Bonchev–Trinajstić information content (AvgIpc) is 3.28. The van der Waals surface area contributed by atoms with Gasteiger partial charge in [0.15, 0.2) is 5.78 Å². The van der Waals surface area contributed by atoms with E-state index in [1.165, 1.54) is 5.56 Å². The first-order chi connectivity index (χ1) is 9.29. The van der Waals surface area contributed by atoms with E-state index >= 15 is 0 Å². The molecule has 2 atom stereocenters. The van der Waals surface area contributed by atoms with E-state index in [1.807, 2.05) is 42.5 Å². The second-order valence-electron chi connectivity index (χ2n) is 4.95. The van der Waals surface area contributed by atoms with E-state index in [0.717, 1.165) is 17.7 Å². The highest BCUT2D eigenvalue weighted by atomic mass is 16.5. The van der Waals surface area contributed by atoms with Crippen molar-refractivity contribution in [2.24, 2.45) is 5.92 Å². The van der Waals surface area contributed by atoms with E-state index in [-0.39, 0.29) is 11.7 Å². The van der Waals surface area contributed by atoms with Crippen molar-refractivity contribution in [3.63, 3.8) is 0 Å². The summed E-state index contributed by atoms with van der Waals surface area (Å²) in [5.41, 5.74) is 2.05. The average molecular weight is 252 g/mol. The van der Waals surface area contributed by atoms with Crippen molar-refractivity contribution in [1.29, 1.82) is 0 Å². The zero-order valence-electron chi connectivity index (χ0n) is 10.9. The standard InChI is InChI=1S/C17H16O2/c1-19-14-9-7-12(8-10-14)15-11-16(15)17(18)13-5-3-2-4-6-13/h2-10,15-16H,11H2,1H3. The lowest BCUT2D eigenvalue weighted by molar-refractivity contribution is 0.0965. The Morgan fingerprint density at radius 1 is 1.05 bits per heavy atom. The minimum atomic E-state index is 0.149. The van der Waals surface area contributed by atoms with Crippen LogP contribution in [-0.4, -0.2) is 12.9 Å². The van der Waals surface area contributed by atoms with Crippen LogP contribution in [0.2, 0.25) is 0 Å². The van der Waals surface area contributed by atoms with Crippen molar-refractivity contribution in [3.05, 3.63) is 65.7 Å². The Hall–Kier alpha value is -2.09. The van der Waals surface area contributed by atoms with E-state index < -0.39 is 0 Å². The summed E-state index contributed by atoms with van der Waals surface area (Å²) in [6, 6.07) is 17.6. The number of carbonyl (C=O) groups is 1. The van der Waals surface area contributed by atoms with Gasteiger partial charge in [-0.1, -0.05) is 42.5 Å². The maximum absolute atomic E-state index is 12.3. The van der Waals surface area contributed by atoms with Crippen LogP contribution in [-0.2, 0) is 0 Å². The Morgan fingerprint density at radius 2 is 1.74 bits per heavy atom. The van der Waals surface area contributed by atoms with Crippen molar-refractivity contribution in [2.75, 3.05) is 7.11 Å². The Kier molecular flexibility index (Phi) is 3.08. The summed E-state index contributed by atoms with van der Waals surface area (Å²) in [5, 5.41) is 0. The molecule has 0 spiro atoms. The van der Waals surface area contributed by atoms with Gasteiger partial charge in [0, 0.05) is 11.5 Å². The van der Waals surface area contributed by atoms with Gasteiger partial charge < -0.3 is 4.74 Å². The lowest BCUT2D eigenvalue weighted by Gasteiger charge is -2.03. The van der Waals surface area contributed by atoms with Crippen LogP contribution < -0.4 is 4.74 Å². The number of ketones is 1. The van der Waals surface area contributed by atoms with Crippen LogP contribution in [0.5, 0.6) is 5.75 Å². The molecule has 1 aliphatic rings. The number of ether oxygens (including phenoxy) is 1. The van der Waals surface area contributed by atoms with E-state index in [0.29, 0.717) is 5.92 Å². The fraction of sp³-hybridized carbons (Fsp3) is 0.235. The second kappa shape index (κ2) is 4.88. The third-order valence-corrected chi connectivity index (χ3v) is 3.73. The summed E-state index contributed by atoms with van der Waals surface area (Å²) in [6.45, 7) is 0. The summed E-state index contributed by atoms with van der Waals surface area (Å²) in [7, 11) is 1.66. The fourth-order valence-electron chi connectivity index (χ4n) is 2.52. The summed E-state index contributed by atoms with van der Waals surface area (Å²) in [5.74, 6) is 1.64. The van der Waals surface area contributed by atoms with E-state index in [4.69, 9.17) is 4.74 Å². The highest BCUT2D eigenvalue weighted by Crippen LogP contribution is 2.49. The molecule has 1 saturated carbocycles. The molecule has 0 aliphatic heterocycles. The van der Waals surface area contributed by atoms with Crippen molar-refractivity contribution in [3.8, 4) is 5.75 Å². The molecule has 0 heterocycles. The van der Waals surface area contributed by atoms with Crippen molar-refractivity contribution < 1.29 is 9.53 Å². The van der Waals surface area contributed by atoms with Crippen LogP contribution >= 0.6 is 0 Å². The molecule has 0 amide bonds. The van der Waals surface area contributed by atoms with E-state index in [1.54, 1.807) is 7.11 Å². The monoisotopic (exact) mass is 252 g/mol. The Bertz CT molecular complexity index is 572. The molecule has 0 saturated heterocycles. The highest BCUT2D eigenvalue weighted by molar-refractivity contribution is 6.00. The van der Waals surface area contributed by atoms with Gasteiger partial charge >= 0.3 is 0 Å². The summed E-state index contributed by atoms with van der Waals surface area (Å²) >= 11 is 0. The van der Waals surface area contributed by atoms with Gasteiger partial charge in [-0.3, -0.25) is 4.79 Å². The number of hydrogen-bond acceptors (Lipinski definition) is 2. The first-order valence-electron chi connectivity index (χ1n) is 6.53. The third kappa shape index (κ3) is 2.39. The van der Waals surface area contributed by atoms with Crippen LogP contribution in [0.1, 0.15) is 28.3 Å². The zero-order valence-corrected chi connectivity index (χ0v) is 10.9. The molecule has 3 rings (SSSR count). The minimum Gasteiger partial charge on any atom is -0.497 e. The number of methoxy groups -OCH3 is 1. The molecule has 1 aliphatic carbocycles. The molecular weight excluding hydrogens is 236 g/mol. The molecule has 1 fully saturated rings. The zero-order chi connectivity index (χ0) is 13.2. The van der Waals surface area contributed by atoms with Gasteiger partial charge in [0.05, 0.1) is 7.11 Å². The van der Waals surface area contributed by atoms with Gasteiger partial charge in [-0.05, 0) is 30.0 Å². The largest absolute Gasteiger partial charge is 0.497 e. The Morgan fingerprint density at radius 3 is 2.37 bits per heavy atom. The molecule has 0 aromatic heterocycles. The second-order valence-corrected chi connectivity index (χ2v) is 4.95. The third-order valence-electron chi connectivity index (χ3n) is 3.73. The highest BCUT2D eigenvalue weighted by Gasteiger charge is 2.43. The number of hydrogen-bond donors (Lipinski definition) is 0. The molecular formula is C17H16O2. The predicted molar refractivity (Wildman–Crippen MR) is 74.6 cm³/mol. The molecule has 2 unspecified atom stereocenters. The van der Waals surface area contributed by atoms with Crippen molar-refractivity contribution in [2.45, 2.75) is 12.3 Å². The molecule has 0 bridgehead atoms. The van der Waals surface area contributed by atoms with E-state index in [2.05, 4.69) is 12.1 Å². The van der Waals surface area contributed by atoms with Crippen LogP contribution in [0.4, 0.5) is 0 Å². The molecule has 2 aromatic carbocycles. The molecule has 2 heteroatoms. The molecule has 96 valence electrons. The lowest BCUT2D eigenvalue weighted by Crippen LogP contribution is -2.02. The smallest absolute Gasteiger partial charge is 0.166 e. The molecule has 2 nitrogen and oxygen atoms in total. The topological polar surface area (TPSA) is 26.3 Å². The van der Waals surface area contributed by atoms with Crippen molar-refractivity contribution in [1.82, 2.24) is 0 Å². The molecule has 0 radical (unpaired) electrons. The summed E-state index contributed by atoms with van der Waals surface area (Å²) in [6.07, 6.45) is 0.958. The molecule has 2 aromatic rings. The molecule has 0 N–H and O–H groups in total. The van der Waals surface area contributed by atoms with Gasteiger partial charge in [0.2, 0.25) is 0 Å². The SMILES string of the molecule is COc1ccc(C2CC2C(=O)c2ccccc2)cc1. The minimum absolute atomic E-state index is 0.149. The van der Waals surface area contributed by atoms with Gasteiger partial charge in [-0.25, -0.2) is 0 Å². The van der Waals surface area contributed by atoms with E-state index in [9.17, 15) is 4.79 Å². The Balaban J connectivity index is 1.72. The van der Waals surface area contributed by atoms with Gasteiger partial charge in [-0.2, -0.15) is 0 Å². The fourth-order valence-corrected chi connectivity index (χ4v) is 2.52. The number of rotatable bonds is 4. The van der Waals surface area contributed by atoms with Crippen LogP contribution in [0.25, 0.3) is 0 Å². The van der Waals surface area contributed by atoms with Gasteiger partial charge in [0.25, 0.3) is 0 Å². The summed E-state index contributed by atoms with van der Waals surface area (Å²) in [4.78, 5) is 12.3. The molecule has 19 heavy (non-hydrogen) atoms. The van der Waals surface area contributed by atoms with Gasteiger partial charge in [0.1, 0.15) is 5.75 Å². The normalized spacial score (nSPS) is 20.9. The predicted octanol–water partition coefficient (Wildman–Crippen LogP) is 3.68.